The fourth-order valence-electron chi connectivity index (χ4n) is 9.16. The van der Waals surface area contributed by atoms with Crippen molar-refractivity contribution in [1.29, 1.82) is 0 Å². The predicted molar refractivity (Wildman–Crippen MR) is 201 cm³/mol. The van der Waals surface area contributed by atoms with Crippen molar-refractivity contribution in [1.82, 2.24) is 0 Å². The molecule has 2 heteroatoms. The van der Waals surface area contributed by atoms with Gasteiger partial charge in [0.2, 0.25) is 0 Å². The Morgan fingerprint density at radius 2 is 1.38 bits per heavy atom. The van der Waals surface area contributed by atoms with Crippen molar-refractivity contribution in [2.24, 2.45) is 11.8 Å². The molecule has 234 valence electrons. The molecule has 3 unspecified atom stereocenters. The second-order valence-corrected chi connectivity index (χ2v) is 13.8. The Morgan fingerprint density at radius 1 is 0.688 bits per heavy atom. The first-order chi connectivity index (χ1) is 23.6. The summed E-state index contributed by atoms with van der Waals surface area (Å²) in [5.74, 6) is 1.12. The van der Waals surface area contributed by atoms with Gasteiger partial charge < -0.3 is 9.32 Å². The Bertz CT molecular complexity index is 2350. The van der Waals surface area contributed by atoms with Gasteiger partial charge in [-0.1, -0.05) is 136 Å². The largest absolute Gasteiger partial charge is 0.456 e. The number of hydrogen-bond donors (Lipinski definition) is 0. The molecule has 1 spiro atoms. The van der Waals surface area contributed by atoms with Gasteiger partial charge >= 0.3 is 0 Å². The number of para-hydroxylation sites is 2. The highest BCUT2D eigenvalue weighted by Crippen LogP contribution is 2.62. The first kappa shape index (κ1) is 28.8. The van der Waals surface area contributed by atoms with Crippen LogP contribution in [0, 0.1) is 11.8 Å². The van der Waals surface area contributed by atoms with Crippen LogP contribution in [0.2, 0.25) is 0 Å². The summed E-state index contributed by atoms with van der Waals surface area (Å²) in [5, 5.41) is 2.24. The zero-order chi connectivity index (χ0) is 32.4. The summed E-state index contributed by atoms with van der Waals surface area (Å²) in [5.41, 5.74) is 14.2. The Kier molecular flexibility index (Phi) is 6.69. The van der Waals surface area contributed by atoms with Gasteiger partial charge in [0, 0.05) is 22.1 Å². The summed E-state index contributed by atoms with van der Waals surface area (Å²) in [6.45, 7) is 9.68. The lowest BCUT2D eigenvalue weighted by atomic mass is 9.57. The molecule has 2 aliphatic carbocycles. The van der Waals surface area contributed by atoms with Crippen LogP contribution in [0.4, 0.5) is 17.1 Å². The van der Waals surface area contributed by atoms with Crippen LogP contribution >= 0.6 is 0 Å². The van der Waals surface area contributed by atoms with Crippen LogP contribution in [0.25, 0.3) is 44.2 Å². The fourth-order valence-corrected chi connectivity index (χ4v) is 9.16. The number of fused-ring (bicyclic) bond motifs is 8. The molecule has 7 aromatic rings. The first-order valence-electron chi connectivity index (χ1n) is 17.4. The van der Waals surface area contributed by atoms with E-state index < -0.39 is 0 Å². The third-order valence-corrected chi connectivity index (χ3v) is 11.3. The molecule has 0 saturated heterocycles. The van der Waals surface area contributed by atoms with Gasteiger partial charge in [-0.05, 0) is 88.9 Å². The van der Waals surface area contributed by atoms with Gasteiger partial charge in [0.05, 0.1) is 16.8 Å². The van der Waals surface area contributed by atoms with E-state index in [4.69, 9.17) is 11.0 Å². The third-order valence-electron chi connectivity index (χ3n) is 11.3. The van der Waals surface area contributed by atoms with E-state index in [1.807, 2.05) is 6.07 Å². The van der Waals surface area contributed by atoms with E-state index in [1.54, 1.807) is 0 Å². The molecule has 1 aromatic heterocycles. The number of allylic oxidation sites excluding steroid dienone is 1. The van der Waals surface area contributed by atoms with E-state index in [9.17, 15) is 0 Å². The minimum atomic E-state index is -0.216. The molecular formula is C46H39NO. The normalized spacial score (nSPS) is 19.9. The van der Waals surface area contributed by atoms with Crippen molar-refractivity contribution in [2.75, 3.05) is 4.90 Å². The summed E-state index contributed by atoms with van der Waals surface area (Å²) in [6, 6.07) is 50.7. The quantitative estimate of drug-likeness (QED) is 0.178. The molecule has 2 aliphatic rings. The van der Waals surface area contributed by atoms with Gasteiger partial charge in [0.15, 0.2) is 0 Å². The molecule has 2 nitrogen and oxygen atoms in total. The van der Waals surface area contributed by atoms with Gasteiger partial charge in [-0.2, -0.15) is 0 Å². The highest BCUT2D eigenvalue weighted by Gasteiger charge is 2.51. The zero-order valence-electron chi connectivity index (χ0n) is 27.6. The minimum Gasteiger partial charge on any atom is -0.456 e. The number of benzene rings is 6. The van der Waals surface area contributed by atoms with Crippen LogP contribution in [0.3, 0.4) is 0 Å². The molecule has 0 amide bonds. The molecule has 48 heavy (non-hydrogen) atoms. The summed E-state index contributed by atoms with van der Waals surface area (Å²) < 4.78 is 6.45. The van der Waals surface area contributed by atoms with Crippen LogP contribution in [0.15, 0.2) is 156 Å². The fraction of sp³-hybridized carbons (Fsp3) is 0.174. The van der Waals surface area contributed by atoms with Crippen LogP contribution in [-0.2, 0) is 5.41 Å². The average molecular weight is 622 g/mol. The van der Waals surface area contributed by atoms with Crippen LogP contribution in [-0.4, -0.2) is 0 Å². The lowest BCUT2D eigenvalue weighted by Crippen LogP contribution is -2.40. The molecule has 0 radical (unpaired) electrons. The molecule has 1 heterocycles. The third kappa shape index (κ3) is 4.12. The minimum absolute atomic E-state index is 0.216. The lowest BCUT2D eigenvalue weighted by Gasteiger charge is -2.46. The van der Waals surface area contributed by atoms with Gasteiger partial charge in [0.1, 0.15) is 11.2 Å². The van der Waals surface area contributed by atoms with E-state index in [0.717, 1.165) is 45.4 Å². The maximum atomic E-state index is 6.45. The second kappa shape index (κ2) is 11.1. The van der Waals surface area contributed by atoms with Crippen LogP contribution in [0.5, 0.6) is 0 Å². The smallest absolute Gasteiger partial charge is 0.137 e. The van der Waals surface area contributed by atoms with Crippen molar-refractivity contribution in [3.8, 4) is 22.3 Å². The Balaban J connectivity index is 1.34. The standard InChI is InChI=1S/C46H39NO/c1-4-32-27-30(2)46(31(3)28-32)39-20-11-8-18-36(39)37-26-25-34(29-40(37)46)47(41-21-12-9-17-35(41)33-15-6-5-7-16-33)42-22-14-24-44-45(42)38-19-10-13-23-43(38)48-44/h5-26,29,31-32H,2,4,27-28H2,1,3H3. The Hall–Kier alpha value is -5.34. The molecule has 0 bridgehead atoms. The summed E-state index contributed by atoms with van der Waals surface area (Å²) in [4.78, 5) is 2.47. The Labute approximate surface area is 283 Å². The average Bonchev–Trinajstić information content (AvgIpc) is 3.66. The van der Waals surface area contributed by atoms with Gasteiger partial charge in [-0.25, -0.2) is 0 Å². The SMILES string of the molecule is C=C1CC(CC)CC(C)C12c1ccccc1-c1ccc(N(c3ccccc3-c3ccccc3)c3cccc4oc5ccccc5c34)cc12. The van der Waals surface area contributed by atoms with Crippen LogP contribution in [0.1, 0.15) is 44.2 Å². The lowest BCUT2D eigenvalue weighted by molar-refractivity contribution is 0.248. The zero-order valence-corrected chi connectivity index (χ0v) is 27.6. The second-order valence-electron chi connectivity index (χ2n) is 13.8. The van der Waals surface area contributed by atoms with Gasteiger partial charge in [0.25, 0.3) is 0 Å². The molecular weight excluding hydrogens is 583 g/mol. The monoisotopic (exact) mass is 621 g/mol. The molecule has 9 rings (SSSR count). The molecule has 0 aliphatic heterocycles. The number of furan rings is 1. The van der Waals surface area contributed by atoms with Crippen molar-refractivity contribution in [3.63, 3.8) is 0 Å². The van der Waals surface area contributed by atoms with Crippen molar-refractivity contribution < 1.29 is 4.42 Å². The number of hydrogen-bond acceptors (Lipinski definition) is 2. The van der Waals surface area contributed by atoms with Crippen molar-refractivity contribution in [2.45, 2.75) is 38.5 Å². The Morgan fingerprint density at radius 3 is 2.21 bits per heavy atom. The first-order valence-corrected chi connectivity index (χ1v) is 17.4. The predicted octanol–water partition coefficient (Wildman–Crippen LogP) is 13.0. The van der Waals surface area contributed by atoms with Gasteiger partial charge in [-0.3, -0.25) is 0 Å². The highest BCUT2D eigenvalue weighted by molar-refractivity contribution is 6.14. The molecule has 1 saturated carbocycles. The summed E-state index contributed by atoms with van der Waals surface area (Å²) >= 11 is 0. The highest BCUT2D eigenvalue weighted by atomic mass is 16.3. The van der Waals surface area contributed by atoms with E-state index in [-0.39, 0.29) is 5.41 Å². The summed E-state index contributed by atoms with van der Waals surface area (Å²) in [6.07, 6.45) is 3.47. The van der Waals surface area contributed by atoms with E-state index >= 15 is 0 Å². The number of anilines is 3. The molecule has 3 atom stereocenters. The van der Waals surface area contributed by atoms with Crippen molar-refractivity contribution in [3.05, 3.63) is 163 Å². The van der Waals surface area contributed by atoms with E-state index in [1.165, 1.54) is 51.8 Å². The molecule has 1 fully saturated rings. The maximum Gasteiger partial charge on any atom is 0.137 e. The number of nitrogens with zero attached hydrogens (tertiary/aromatic N) is 1. The topological polar surface area (TPSA) is 16.4 Å². The van der Waals surface area contributed by atoms with E-state index in [0.29, 0.717) is 11.8 Å². The number of rotatable bonds is 5. The van der Waals surface area contributed by atoms with Crippen LogP contribution < -0.4 is 4.90 Å². The van der Waals surface area contributed by atoms with E-state index in [2.05, 4.69) is 152 Å². The molecule has 6 aromatic carbocycles. The summed E-state index contributed by atoms with van der Waals surface area (Å²) in [7, 11) is 0. The van der Waals surface area contributed by atoms with Crippen molar-refractivity contribution >= 4 is 39.0 Å². The molecule has 0 N–H and O–H groups in total. The van der Waals surface area contributed by atoms with Gasteiger partial charge in [-0.15, -0.1) is 0 Å². The maximum absolute atomic E-state index is 6.45.